The highest BCUT2D eigenvalue weighted by molar-refractivity contribution is 7.12. The van der Waals surface area contributed by atoms with Gasteiger partial charge >= 0.3 is 5.97 Å². The van der Waals surface area contributed by atoms with Crippen LogP contribution in [0, 0.1) is 0 Å². The number of nitrogens with zero attached hydrogens (tertiary/aromatic N) is 3. The number of carboxylic acid groups (broad SMARTS) is 1. The van der Waals surface area contributed by atoms with Crippen molar-refractivity contribution in [3.8, 4) is 0 Å². The first-order valence-electron chi connectivity index (χ1n) is 8.15. The summed E-state index contributed by atoms with van der Waals surface area (Å²) in [6.45, 7) is 1.27. The maximum Gasteiger partial charge on any atom is 0.345 e. The number of H-pyrrole nitrogens is 1. The third-order valence-corrected chi connectivity index (χ3v) is 5.53. The summed E-state index contributed by atoms with van der Waals surface area (Å²) in [5.74, 6) is 1.34. The van der Waals surface area contributed by atoms with Gasteiger partial charge in [0.05, 0.1) is 5.56 Å². The summed E-state index contributed by atoms with van der Waals surface area (Å²) >= 11 is 1.08. The van der Waals surface area contributed by atoms with Crippen molar-refractivity contribution in [2.75, 3.05) is 13.1 Å². The molecule has 126 valence electrons. The Hall–Kier alpha value is -2.22. The normalized spacial score (nSPS) is 21.0. The molecule has 1 unspecified atom stereocenters. The first kappa shape index (κ1) is 15.3. The van der Waals surface area contributed by atoms with Crippen molar-refractivity contribution in [1.29, 1.82) is 0 Å². The number of carbonyl (C=O) groups is 2. The van der Waals surface area contributed by atoms with E-state index in [1.807, 2.05) is 0 Å². The van der Waals surface area contributed by atoms with Crippen LogP contribution < -0.4 is 0 Å². The van der Waals surface area contributed by atoms with Crippen LogP contribution in [0.2, 0.25) is 0 Å². The minimum atomic E-state index is -0.996. The van der Waals surface area contributed by atoms with Gasteiger partial charge in [-0.3, -0.25) is 9.89 Å². The third kappa shape index (κ3) is 2.93. The van der Waals surface area contributed by atoms with Gasteiger partial charge in [0.25, 0.3) is 5.91 Å². The van der Waals surface area contributed by atoms with Crippen LogP contribution in [-0.4, -0.2) is 50.2 Å². The lowest BCUT2D eigenvalue weighted by Gasteiger charge is -2.31. The lowest BCUT2D eigenvalue weighted by Crippen LogP contribution is -2.39. The van der Waals surface area contributed by atoms with Gasteiger partial charge < -0.3 is 10.0 Å². The van der Waals surface area contributed by atoms with E-state index in [0.717, 1.165) is 35.8 Å². The van der Waals surface area contributed by atoms with Crippen molar-refractivity contribution < 1.29 is 14.7 Å². The molecule has 2 aromatic heterocycles. The average molecular weight is 346 g/mol. The fraction of sp³-hybridized carbons (Fsp3) is 0.500. The largest absolute Gasteiger partial charge is 0.477 e. The van der Waals surface area contributed by atoms with Crippen LogP contribution in [0.1, 0.15) is 69.2 Å². The molecule has 1 amide bonds. The van der Waals surface area contributed by atoms with E-state index in [1.165, 1.54) is 18.9 Å². The molecule has 0 bridgehead atoms. The van der Waals surface area contributed by atoms with Crippen molar-refractivity contribution >= 4 is 23.2 Å². The second kappa shape index (κ2) is 6.01. The van der Waals surface area contributed by atoms with Crippen molar-refractivity contribution in [1.82, 2.24) is 20.1 Å². The van der Waals surface area contributed by atoms with E-state index in [2.05, 4.69) is 15.2 Å². The molecule has 1 saturated carbocycles. The molecule has 8 heteroatoms. The summed E-state index contributed by atoms with van der Waals surface area (Å²) in [4.78, 5) is 30.2. The van der Waals surface area contributed by atoms with E-state index in [1.54, 1.807) is 10.3 Å². The summed E-state index contributed by atoms with van der Waals surface area (Å²) in [7, 11) is 0. The lowest BCUT2D eigenvalue weighted by atomic mass is 9.97. The van der Waals surface area contributed by atoms with Crippen LogP contribution in [0.3, 0.4) is 0 Å². The first-order valence-corrected chi connectivity index (χ1v) is 9.03. The van der Waals surface area contributed by atoms with Crippen LogP contribution in [0.5, 0.6) is 0 Å². The summed E-state index contributed by atoms with van der Waals surface area (Å²) in [6.07, 6.45) is 4.22. The minimum absolute atomic E-state index is 0.110. The molecule has 2 aliphatic rings. The number of hydrogen-bond donors (Lipinski definition) is 2. The summed E-state index contributed by atoms with van der Waals surface area (Å²) in [5.41, 5.74) is 0.451. The fourth-order valence-corrected chi connectivity index (χ4v) is 3.84. The van der Waals surface area contributed by atoms with Gasteiger partial charge in [0.1, 0.15) is 10.7 Å². The lowest BCUT2D eigenvalue weighted by molar-refractivity contribution is 0.0701. The zero-order valence-electron chi connectivity index (χ0n) is 13.1. The molecule has 0 radical (unpaired) electrons. The molecular weight excluding hydrogens is 328 g/mol. The predicted molar refractivity (Wildman–Crippen MR) is 87.5 cm³/mol. The topological polar surface area (TPSA) is 99.2 Å². The predicted octanol–water partition coefficient (Wildman–Crippen LogP) is 2.46. The highest BCUT2D eigenvalue weighted by Crippen LogP contribution is 2.38. The second-order valence-electron chi connectivity index (χ2n) is 6.45. The zero-order valence-corrected chi connectivity index (χ0v) is 13.9. The number of thiophene rings is 1. The molecule has 2 N–H and O–H groups in total. The Bertz CT molecular complexity index is 780. The number of nitrogens with one attached hydrogen (secondary N) is 1. The SMILES string of the molecule is O=C(O)c1cc(C(=O)N2CCCC(c3n[nH]c(C4CC4)n3)C2)cs1. The van der Waals surface area contributed by atoms with Gasteiger partial charge in [-0.1, -0.05) is 0 Å². The van der Waals surface area contributed by atoms with Gasteiger partial charge in [-0.25, -0.2) is 9.78 Å². The van der Waals surface area contributed by atoms with E-state index >= 15 is 0 Å². The molecule has 1 aliphatic carbocycles. The Morgan fingerprint density at radius 3 is 2.83 bits per heavy atom. The maximum absolute atomic E-state index is 12.6. The highest BCUT2D eigenvalue weighted by atomic mass is 32.1. The Balaban J connectivity index is 1.46. The van der Waals surface area contributed by atoms with Gasteiger partial charge in [-0.2, -0.15) is 5.10 Å². The summed E-state index contributed by atoms with van der Waals surface area (Å²) < 4.78 is 0. The smallest absolute Gasteiger partial charge is 0.345 e. The van der Waals surface area contributed by atoms with E-state index in [-0.39, 0.29) is 16.7 Å². The maximum atomic E-state index is 12.6. The number of likely N-dealkylation sites (tertiary alicyclic amines) is 1. The standard InChI is InChI=1S/C16H18N4O3S/c21-15(11-6-12(16(22)23)24-8-11)20-5-1-2-10(7-20)14-17-13(18-19-14)9-3-4-9/h6,8-10H,1-5,7H2,(H,22,23)(H,17,18,19). The highest BCUT2D eigenvalue weighted by Gasteiger charge is 2.31. The molecule has 1 aliphatic heterocycles. The monoisotopic (exact) mass is 346 g/mol. The van der Waals surface area contributed by atoms with Crippen LogP contribution >= 0.6 is 11.3 Å². The number of hydrogen-bond acceptors (Lipinski definition) is 5. The number of amides is 1. The number of piperidine rings is 1. The molecular formula is C16H18N4O3S. The second-order valence-corrected chi connectivity index (χ2v) is 7.36. The number of aromatic amines is 1. The summed E-state index contributed by atoms with van der Waals surface area (Å²) in [5, 5.41) is 18.0. The van der Waals surface area contributed by atoms with Crippen molar-refractivity contribution in [3.05, 3.63) is 33.5 Å². The average Bonchev–Trinajstić information content (AvgIpc) is 3.13. The van der Waals surface area contributed by atoms with Crippen LogP contribution in [0.15, 0.2) is 11.4 Å². The number of aromatic nitrogens is 3. The minimum Gasteiger partial charge on any atom is -0.477 e. The first-order chi connectivity index (χ1) is 11.6. The number of rotatable bonds is 4. The molecule has 7 nitrogen and oxygen atoms in total. The van der Waals surface area contributed by atoms with Gasteiger partial charge in [0.2, 0.25) is 0 Å². The molecule has 0 spiro atoms. The quantitative estimate of drug-likeness (QED) is 0.886. The van der Waals surface area contributed by atoms with E-state index < -0.39 is 5.97 Å². The molecule has 24 heavy (non-hydrogen) atoms. The zero-order chi connectivity index (χ0) is 16.7. The van der Waals surface area contributed by atoms with Crippen molar-refractivity contribution in [2.24, 2.45) is 0 Å². The number of carbonyl (C=O) groups excluding carboxylic acids is 1. The Labute approximate surface area is 142 Å². The Morgan fingerprint density at radius 2 is 2.12 bits per heavy atom. The van der Waals surface area contributed by atoms with Gasteiger partial charge in [0, 0.05) is 30.3 Å². The molecule has 3 heterocycles. The van der Waals surface area contributed by atoms with E-state index in [4.69, 9.17) is 5.11 Å². The Kier molecular flexibility index (Phi) is 3.84. The molecule has 2 fully saturated rings. The van der Waals surface area contributed by atoms with Gasteiger partial charge in [0.15, 0.2) is 5.82 Å². The molecule has 1 atom stereocenters. The van der Waals surface area contributed by atoms with Gasteiger partial charge in [-0.05, 0) is 31.7 Å². The number of aromatic carboxylic acids is 1. The van der Waals surface area contributed by atoms with E-state index in [0.29, 0.717) is 24.6 Å². The van der Waals surface area contributed by atoms with Gasteiger partial charge in [-0.15, -0.1) is 11.3 Å². The van der Waals surface area contributed by atoms with Crippen LogP contribution in [0.25, 0.3) is 0 Å². The van der Waals surface area contributed by atoms with Crippen molar-refractivity contribution in [2.45, 2.75) is 37.5 Å². The fourth-order valence-electron chi connectivity index (χ4n) is 3.13. The molecule has 1 saturated heterocycles. The third-order valence-electron chi connectivity index (χ3n) is 4.61. The summed E-state index contributed by atoms with van der Waals surface area (Å²) in [6, 6.07) is 1.46. The Morgan fingerprint density at radius 1 is 1.29 bits per heavy atom. The van der Waals surface area contributed by atoms with Crippen LogP contribution in [0.4, 0.5) is 0 Å². The molecule has 4 rings (SSSR count). The van der Waals surface area contributed by atoms with Crippen molar-refractivity contribution in [3.63, 3.8) is 0 Å². The number of carboxylic acids is 1. The molecule has 2 aromatic rings. The molecule has 0 aromatic carbocycles. The van der Waals surface area contributed by atoms with E-state index in [9.17, 15) is 9.59 Å². The van der Waals surface area contributed by atoms with Crippen LogP contribution in [-0.2, 0) is 0 Å².